The van der Waals surface area contributed by atoms with Crippen molar-refractivity contribution in [2.75, 3.05) is 11.9 Å². The summed E-state index contributed by atoms with van der Waals surface area (Å²) in [5.74, 6) is 1.08. The van der Waals surface area contributed by atoms with Crippen LogP contribution in [0.5, 0.6) is 0 Å². The number of aromatic nitrogens is 1. The number of fused-ring (bicyclic) bond motifs is 1. The van der Waals surface area contributed by atoms with E-state index in [2.05, 4.69) is 5.32 Å². The Labute approximate surface area is 93.9 Å². The highest BCUT2D eigenvalue weighted by atomic mass is 35.7. The van der Waals surface area contributed by atoms with Crippen LogP contribution in [0.2, 0.25) is 0 Å². The second-order valence-corrected chi connectivity index (χ2v) is 3.91. The molecule has 90 valence electrons. The van der Waals surface area contributed by atoms with Gasteiger partial charge in [-0.1, -0.05) is 6.07 Å². The van der Waals surface area contributed by atoms with Crippen molar-refractivity contribution in [3.63, 3.8) is 0 Å². The Hall–Kier alpha value is -0.960. The van der Waals surface area contributed by atoms with Gasteiger partial charge in [0.25, 0.3) is 5.82 Å². The zero-order chi connectivity index (χ0) is 12.2. The van der Waals surface area contributed by atoms with Crippen LogP contribution < -0.4 is 28.5 Å². The molecule has 7 nitrogen and oxygen atoms in total. The molecule has 0 radical (unpaired) electrons. The van der Waals surface area contributed by atoms with E-state index >= 15 is 0 Å². The number of hydrogen-bond donors (Lipinski definition) is 2. The van der Waals surface area contributed by atoms with E-state index in [1.165, 1.54) is 0 Å². The van der Waals surface area contributed by atoms with E-state index in [4.69, 9.17) is 18.6 Å². The summed E-state index contributed by atoms with van der Waals surface area (Å²) in [5.41, 5.74) is 0. The summed E-state index contributed by atoms with van der Waals surface area (Å²) >= 11 is 0. The summed E-state index contributed by atoms with van der Waals surface area (Å²) in [6.07, 6.45) is 1.71. The van der Waals surface area contributed by atoms with E-state index in [1.807, 2.05) is 29.0 Å². The van der Waals surface area contributed by atoms with Crippen molar-refractivity contribution in [1.82, 2.24) is 0 Å². The fourth-order valence-corrected chi connectivity index (χ4v) is 1.31. The average Bonchev–Trinajstić information content (AvgIpc) is 2.15. The summed E-state index contributed by atoms with van der Waals surface area (Å²) in [5, 5.41) is 12.4. The molecule has 0 bridgehead atoms. The van der Waals surface area contributed by atoms with Crippen LogP contribution in [0.15, 0.2) is 24.4 Å². The minimum Gasteiger partial charge on any atom is -0.385 e. The standard InChI is InChI=1S/C8H10N2O.ClHO4/c11-7-5-9-8-3-1-2-4-10(8)6-7;2-1(3,4)5/h1-4,7,11H,5-6H2;(H,2,3,4,5). The zero-order valence-corrected chi connectivity index (χ0v) is 8.96. The molecule has 1 aromatic heterocycles. The lowest BCUT2D eigenvalue weighted by Crippen LogP contribution is -2.68. The van der Waals surface area contributed by atoms with Crippen LogP contribution in [0, 0.1) is 10.2 Å². The molecular formula is C8H11ClN2O5. The van der Waals surface area contributed by atoms with Crippen molar-refractivity contribution in [2.24, 2.45) is 0 Å². The van der Waals surface area contributed by atoms with Crippen molar-refractivity contribution in [3.8, 4) is 0 Å². The number of halogens is 1. The third-order valence-electron chi connectivity index (χ3n) is 1.87. The molecule has 0 saturated heterocycles. The molecule has 1 aromatic rings. The monoisotopic (exact) mass is 250 g/mol. The molecule has 1 unspecified atom stereocenters. The number of aliphatic hydroxyl groups excluding tert-OH is 1. The fraction of sp³-hybridized carbons (Fsp3) is 0.375. The van der Waals surface area contributed by atoms with Gasteiger partial charge in [-0.05, 0) is 6.07 Å². The lowest BCUT2D eigenvalue weighted by atomic mass is 10.2. The smallest absolute Gasteiger partial charge is 0.274 e. The minimum absolute atomic E-state index is 0.255. The quantitative estimate of drug-likeness (QED) is 0.444. The van der Waals surface area contributed by atoms with Crippen molar-refractivity contribution >= 4 is 5.82 Å². The second-order valence-electron chi connectivity index (χ2n) is 3.15. The summed E-state index contributed by atoms with van der Waals surface area (Å²) in [7, 11) is -4.94. The number of aliphatic hydroxyl groups is 1. The molecule has 8 heteroatoms. The summed E-state index contributed by atoms with van der Waals surface area (Å²) in [4.78, 5) is 0. The minimum atomic E-state index is -4.94. The molecule has 1 aliphatic heterocycles. The number of nitrogens with one attached hydrogen (secondary N) is 1. The number of β-amino-alcohol motifs (C(OH)–C–C–N with tert-alkyl or cyclic N) is 1. The van der Waals surface area contributed by atoms with Gasteiger partial charge < -0.3 is 5.11 Å². The van der Waals surface area contributed by atoms with Crippen molar-refractivity contribution in [3.05, 3.63) is 24.4 Å². The van der Waals surface area contributed by atoms with E-state index in [0.29, 0.717) is 13.1 Å². The Kier molecular flexibility index (Phi) is 4.42. The molecule has 2 heterocycles. The first-order chi connectivity index (χ1) is 7.36. The maximum Gasteiger partial charge on any atom is 0.274 e. The molecule has 16 heavy (non-hydrogen) atoms. The lowest BCUT2D eigenvalue weighted by Gasteiger charge is -2.17. The number of rotatable bonds is 0. The van der Waals surface area contributed by atoms with Gasteiger partial charge in [0.2, 0.25) is 0 Å². The van der Waals surface area contributed by atoms with Gasteiger partial charge in [0.1, 0.15) is 19.2 Å². The molecule has 0 spiro atoms. The molecule has 2 N–H and O–H groups in total. The average molecular weight is 251 g/mol. The highest BCUT2D eigenvalue weighted by Crippen LogP contribution is 2.03. The van der Waals surface area contributed by atoms with Gasteiger partial charge in [-0.25, -0.2) is 23.2 Å². The van der Waals surface area contributed by atoms with Gasteiger partial charge in [0.15, 0.2) is 0 Å². The van der Waals surface area contributed by atoms with E-state index in [0.717, 1.165) is 5.82 Å². The molecule has 0 saturated carbocycles. The summed E-state index contributed by atoms with van der Waals surface area (Å²) in [6.45, 7) is 1.35. The van der Waals surface area contributed by atoms with Crippen molar-refractivity contribution in [1.29, 1.82) is 0 Å². The van der Waals surface area contributed by atoms with Crippen LogP contribution in [-0.2, 0) is 6.54 Å². The molecule has 1 atom stereocenters. The summed E-state index contributed by atoms with van der Waals surface area (Å²) in [6, 6.07) is 5.95. The van der Waals surface area contributed by atoms with Gasteiger partial charge in [0.05, 0.1) is 6.20 Å². The van der Waals surface area contributed by atoms with Crippen LogP contribution in [0.4, 0.5) is 5.82 Å². The van der Waals surface area contributed by atoms with Crippen LogP contribution in [0.25, 0.3) is 0 Å². The summed E-state index contributed by atoms with van der Waals surface area (Å²) < 4.78 is 36.0. The molecular weight excluding hydrogens is 240 g/mol. The zero-order valence-electron chi connectivity index (χ0n) is 8.21. The second kappa shape index (κ2) is 5.39. The predicted octanol–water partition coefficient (Wildman–Crippen LogP) is -5.00. The van der Waals surface area contributed by atoms with Crippen LogP contribution in [0.1, 0.15) is 0 Å². The Morgan fingerprint density at radius 2 is 1.94 bits per heavy atom. The van der Waals surface area contributed by atoms with Crippen LogP contribution >= 0.6 is 0 Å². The number of hydrogen-bond acceptors (Lipinski definition) is 6. The number of pyridine rings is 1. The number of anilines is 1. The fourth-order valence-electron chi connectivity index (χ4n) is 1.31. The molecule has 0 fully saturated rings. The SMILES string of the molecule is OC1CNc2cccc[n+]2C1.[O-][Cl+3]([O-])([O-])[O-]. The highest BCUT2D eigenvalue weighted by molar-refractivity contribution is 5.28. The third kappa shape index (κ3) is 5.21. The van der Waals surface area contributed by atoms with Crippen molar-refractivity contribution < 1.29 is 38.6 Å². The molecule has 0 aliphatic carbocycles. The maximum atomic E-state index is 9.27. The van der Waals surface area contributed by atoms with Gasteiger partial charge in [-0.3, -0.25) is 5.32 Å². The van der Waals surface area contributed by atoms with Crippen molar-refractivity contribution in [2.45, 2.75) is 12.6 Å². The normalized spacial score (nSPS) is 18.9. The lowest BCUT2D eigenvalue weighted by molar-refractivity contribution is -2.00. The van der Waals surface area contributed by atoms with Crippen LogP contribution in [0.3, 0.4) is 0 Å². The van der Waals surface area contributed by atoms with Gasteiger partial charge in [-0.2, -0.15) is 0 Å². The highest BCUT2D eigenvalue weighted by Gasteiger charge is 2.19. The van der Waals surface area contributed by atoms with E-state index in [-0.39, 0.29) is 6.10 Å². The number of nitrogens with zero attached hydrogens (tertiary/aromatic N) is 1. The Morgan fingerprint density at radius 3 is 2.56 bits per heavy atom. The molecule has 2 rings (SSSR count). The van der Waals surface area contributed by atoms with E-state index in [9.17, 15) is 5.11 Å². The molecule has 0 aromatic carbocycles. The van der Waals surface area contributed by atoms with E-state index in [1.54, 1.807) is 0 Å². The van der Waals surface area contributed by atoms with Gasteiger partial charge in [0, 0.05) is 6.07 Å². The predicted molar refractivity (Wildman–Crippen MR) is 41.1 cm³/mol. The third-order valence-corrected chi connectivity index (χ3v) is 1.87. The first-order valence-electron chi connectivity index (χ1n) is 4.38. The Morgan fingerprint density at radius 1 is 1.31 bits per heavy atom. The largest absolute Gasteiger partial charge is 0.385 e. The van der Waals surface area contributed by atoms with Gasteiger partial charge >= 0.3 is 0 Å². The molecule has 0 amide bonds. The Balaban J connectivity index is 0.000000221. The van der Waals surface area contributed by atoms with E-state index < -0.39 is 10.2 Å². The maximum absolute atomic E-state index is 9.27. The van der Waals surface area contributed by atoms with Crippen LogP contribution in [-0.4, -0.2) is 17.8 Å². The first kappa shape index (κ1) is 13.1. The topological polar surface area (TPSA) is 128 Å². The molecule has 1 aliphatic rings. The first-order valence-corrected chi connectivity index (χ1v) is 5.62. The van der Waals surface area contributed by atoms with Gasteiger partial charge in [-0.15, -0.1) is 10.2 Å². The Bertz CT molecular complexity index is 337.